The number of likely N-dealkylation sites (tertiary alicyclic amines) is 1. The molecule has 2 aliphatic rings. The van der Waals surface area contributed by atoms with Gasteiger partial charge in [0, 0.05) is 37.7 Å². The lowest BCUT2D eigenvalue weighted by atomic mass is 9.87. The Morgan fingerprint density at radius 1 is 1.30 bits per heavy atom. The van der Waals surface area contributed by atoms with Gasteiger partial charge < -0.3 is 15.0 Å². The van der Waals surface area contributed by atoms with Gasteiger partial charge in [-0.15, -0.1) is 0 Å². The molecule has 3 rings (SSSR count). The standard InChI is InChI=1S/C18H25BrN2O2/c1-2-23-17-13(7-6-8-16(17)19)14-11-20-12-15(14)18(22)21-9-4-3-5-10-21/h6-8,14-15,20H,2-5,9-12H2,1H3/t14-,15?/m0/s1. The van der Waals surface area contributed by atoms with Gasteiger partial charge in [-0.3, -0.25) is 4.79 Å². The number of rotatable bonds is 4. The molecule has 2 fully saturated rings. The van der Waals surface area contributed by atoms with E-state index < -0.39 is 0 Å². The SMILES string of the molecule is CCOc1c(Br)cccc1[C@@H]1CNCC1C(=O)N1CCCCC1. The first kappa shape index (κ1) is 16.8. The lowest BCUT2D eigenvalue weighted by Crippen LogP contribution is -2.41. The number of benzene rings is 1. The second kappa shape index (κ2) is 7.67. The smallest absolute Gasteiger partial charge is 0.227 e. The normalized spacial score (nSPS) is 24.7. The van der Waals surface area contributed by atoms with Gasteiger partial charge in [-0.05, 0) is 48.2 Å². The quantitative estimate of drug-likeness (QED) is 0.871. The van der Waals surface area contributed by atoms with Crippen LogP contribution in [0, 0.1) is 5.92 Å². The first-order valence-electron chi connectivity index (χ1n) is 8.63. The van der Waals surface area contributed by atoms with Gasteiger partial charge in [0.15, 0.2) is 0 Å². The van der Waals surface area contributed by atoms with E-state index in [0.717, 1.165) is 54.8 Å². The molecular formula is C18H25BrN2O2. The minimum absolute atomic E-state index is 0.0154. The zero-order chi connectivity index (χ0) is 16.2. The van der Waals surface area contributed by atoms with Gasteiger partial charge in [0.25, 0.3) is 0 Å². The molecule has 0 aromatic heterocycles. The minimum atomic E-state index is 0.0154. The number of nitrogens with zero attached hydrogens (tertiary/aromatic N) is 1. The highest BCUT2D eigenvalue weighted by atomic mass is 79.9. The summed E-state index contributed by atoms with van der Waals surface area (Å²) in [7, 11) is 0. The first-order chi connectivity index (χ1) is 11.2. The Labute approximate surface area is 146 Å². The van der Waals surface area contributed by atoms with E-state index in [0.29, 0.717) is 12.5 Å². The van der Waals surface area contributed by atoms with Crippen LogP contribution in [-0.2, 0) is 4.79 Å². The molecule has 0 radical (unpaired) electrons. The van der Waals surface area contributed by atoms with E-state index in [1.165, 1.54) is 6.42 Å². The fraction of sp³-hybridized carbons (Fsp3) is 0.611. The number of ether oxygens (including phenoxy) is 1. The predicted octanol–water partition coefficient (Wildman–Crippen LogP) is 3.16. The molecule has 1 aromatic rings. The van der Waals surface area contributed by atoms with Gasteiger partial charge >= 0.3 is 0 Å². The van der Waals surface area contributed by atoms with E-state index in [9.17, 15) is 4.79 Å². The molecule has 1 amide bonds. The summed E-state index contributed by atoms with van der Waals surface area (Å²) in [6.45, 7) is 6.05. The fourth-order valence-electron chi connectivity index (χ4n) is 3.73. The van der Waals surface area contributed by atoms with Crippen LogP contribution >= 0.6 is 15.9 Å². The largest absolute Gasteiger partial charge is 0.492 e. The lowest BCUT2D eigenvalue weighted by Gasteiger charge is -2.31. The summed E-state index contributed by atoms with van der Waals surface area (Å²) in [6, 6.07) is 6.13. The summed E-state index contributed by atoms with van der Waals surface area (Å²) in [4.78, 5) is 15.0. The van der Waals surface area contributed by atoms with Crippen LogP contribution in [0.3, 0.4) is 0 Å². The number of para-hydroxylation sites is 1. The van der Waals surface area contributed by atoms with Crippen LogP contribution in [0.25, 0.3) is 0 Å². The number of nitrogens with one attached hydrogen (secondary N) is 1. The van der Waals surface area contributed by atoms with E-state index in [1.807, 2.05) is 19.1 Å². The Bertz CT molecular complexity index is 558. The highest BCUT2D eigenvalue weighted by Crippen LogP contribution is 2.39. The maximum absolute atomic E-state index is 13.0. The van der Waals surface area contributed by atoms with Crippen molar-refractivity contribution in [3.05, 3.63) is 28.2 Å². The highest BCUT2D eigenvalue weighted by molar-refractivity contribution is 9.10. The molecule has 126 valence electrons. The molecule has 1 aromatic carbocycles. The molecule has 2 heterocycles. The number of amides is 1. The number of hydrogen-bond acceptors (Lipinski definition) is 3. The monoisotopic (exact) mass is 380 g/mol. The molecule has 0 bridgehead atoms. The third-order valence-electron chi connectivity index (χ3n) is 4.88. The van der Waals surface area contributed by atoms with Crippen LogP contribution in [0.5, 0.6) is 5.75 Å². The zero-order valence-electron chi connectivity index (χ0n) is 13.7. The van der Waals surface area contributed by atoms with Crippen LogP contribution in [0.15, 0.2) is 22.7 Å². The van der Waals surface area contributed by atoms with E-state index in [2.05, 4.69) is 32.2 Å². The lowest BCUT2D eigenvalue weighted by molar-refractivity contribution is -0.136. The van der Waals surface area contributed by atoms with E-state index in [-0.39, 0.29) is 11.8 Å². The van der Waals surface area contributed by atoms with Gasteiger partial charge in [0.1, 0.15) is 5.75 Å². The fourth-order valence-corrected chi connectivity index (χ4v) is 4.22. The van der Waals surface area contributed by atoms with E-state index in [1.54, 1.807) is 0 Å². The summed E-state index contributed by atoms with van der Waals surface area (Å²) in [5.41, 5.74) is 1.14. The van der Waals surface area contributed by atoms with Crippen LogP contribution in [0.1, 0.15) is 37.7 Å². The zero-order valence-corrected chi connectivity index (χ0v) is 15.3. The molecule has 2 aliphatic heterocycles. The minimum Gasteiger partial charge on any atom is -0.492 e. The Kier molecular flexibility index (Phi) is 5.59. The van der Waals surface area contributed by atoms with Crippen LogP contribution < -0.4 is 10.1 Å². The van der Waals surface area contributed by atoms with Crippen molar-refractivity contribution in [3.63, 3.8) is 0 Å². The van der Waals surface area contributed by atoms with Crippen molar-refractivity contribution in [1.29, 1.82) is 0 Å². The van der Waals surface area contributed by atoms with Crippen molar-refractivity contribution in [2.75, 3.05) is 32.8 Å². The molecule has 1 N–H and O–H groups in total. The van der Waals surface area contributed by atoms with Crippen molar-refractivity contribution in [2.45, 2.75) is 32.1 Å². The Morgan fingerprint density at radius 3 is 2.83 bits per heavy atom. The second-order valence-electron chi connectivity index (χ2n) is 6.35. The van der Waals surface area contributed by atoms with Crippen LogP contribution in [0.2, 0.25) is 0 Å². The first-order valence-corrected chi connectivity index (χ1v) is 9.42. The summed E-state index contributed by atoms with van der Waals surface area (Å²) in [6.07, 6.45) is 3.52. The molecule has 4 nitrogen and oxygen atoms in total. The summed E-state index contributed by atoms with van der Waals surface area (Å²) >= 11 is 3.59. The Morgan fingerprint density at radius 2 is 2.09 bits per heavy atom. The summed E-state index contributed by atoms with van der Waals surface area (Å²) in [5.74, 6) is 1.40. The number of halogens is 1. The van der Waals surface area contributed by atoms with Gasteiger partial charge in [0.05, 0.1) is 17.0 Å². The van der Waals surface area contributed by atoms with Crippen molar-refractivity contribution >= 4 is 21.8 Å². The molecular weight excluding hydrogens is 356 g/mol. The third-order valence-corrected chi connectivity index (χ3v) is 5.51. The maximum atomic E-state index is 13.0. The van der Waals surface area contributed by atoms with Crippen LogP contribution in [0.4, 0.5) is 0 Å². The van der Waals surface area contributed by atoms with Crippen molar-refractivity contribution in [1.82, 2.24) is 10.2 Å². The topological polar surface area (TPSA) is 41.6 Å². The molecule has 5 heteroatoms. The molecule has 2 saturated heterocycles. The maximum Gasteiger partial charge on any atom is 0.227 e. The average molecular weight is 381 g/mol. The molecule has 0 spiro atoms. The van der Waals surface area contributed by atoms with Crippen molar-refractivity contribution in [3.8, 4) is 5.75 Å². The average Bonchev–Trinajstić information content (AvgIpc) is 3.06. The third kappa shape index (κ3) is 3.56. The second-order valence-corrected chi connectivity index (χ2v) is 7.20. The Balaban J connectivity index is 1.84. The highest BCUT2D eigenvalue weighted by Gasteiger charge is 2.38. The summed E-state index contributed by atoms with van der Waals surface area (Å²) in [5, 5.41) is 3.41. The number of carbonyl (C=O) groups is 1. The van der Waals surface area contributed by atoms with Crippen LogP contribution in [-0.4, -0.2) is 43.6 Å². The predicted molar refractivity (Wildman–Crippen MR) is 94.8 cm³/mol. The molecule has 23 heavy (non-hydrogen) atoms. The van der Waals surface area contributed by atoms with E-state index in [4.69, 9.17) is 4.74 Å². The Hall–Kier alpha value is -1.07. The number of hydrogen-bond donors (Lipinski definition) is 1. The van der Waals surface area contributed by atoms with Crippen molar-refractivity contribution in [2.24, 2.45) is 5.92 Å². The molecule has 0 aliphatic carbocycles. The summed E-state index contributed by atoms with van der Waals surface area (Å²) < 4.78 is 6.82. The molecule has 1 unspecified atom stereocenters. The number of carbonyl (C=O) groups excluding carboxylic acids is 1. The van der Waals surface area contributed by atoms with Gasteiger partial charge in [-0.1, -0.05) is 12.1 Å². The van der Waals surface area contributed by atoms with Gasteiger partial charge in [-0.2, -0.15) is 0 Å². The molecule has 2 atom stereocenters. The van der Waals surface area contributed by atoms with Gasteiger partial charge in [0.2, 0.25) is 5.91 Å². The number of piperidine rings is 1. The molecule has 0 saturated carbocycles. The van der Waals surface area contributed by atoms with Gasteiger partial charge in [-0.25, -0.2) is 0 Å². The van der Waals surface area contributed by atoms with Crippen molar-refractivity contribution < 1.29 is 9.53 Å². The van der Waals surface area contributed by atoms with E-state index >= 15 is 0 Å².